The fourth-order valence-electron chi connectivity index (χ4n) is 3.01. The lowest BCUT2D eigenvalue weighted by Gasteiger charge is -2.54. The molecule has 0 aliphatic carbocycles. The molecule has 0 amide bonds. The van der Waals surface area contributed by atoms with Crippen LogP contribution >= 0.6 is 0 Å². The number of rotatable bonds is 0. The van der Waals surface area contributed by atoms with Crippen LogP contribution in [-0.2, 0) is 0 Å². The molecular formula is C11H23N3O. The largest absolute Gasteiger partial charge is 0.325 e. The molecule has 0 unspecified atom stereocenters. The third-order valence-corrected chi connectivity index (χ3v) is 2.82. The van der Waals surface area contributed by atoms with E-state index in [4.69, 9.17) is 11.0 Å². The van der Waals surface area contributed by atoms with Gasteiger partial charge in [-0.3, -0.25) is 0 Å². The van der Waals surface area contributed by atoms with E-state index in [-0.39, 0.29) is 16.6 Å². The molecule has 4 heteroatoms. The Balaban J connectivity index is 0.000000921. The summed E-state index contributed by atoms with van der Waals surface area (Å²) in [5.74, 6) is 0. The zero-order valence-corrected chi connectivity index (χ0v) is 10.4. The van der Waals surface area contributed by atoms with Gasteiger partial charge in [0.25, 0.3) is 0 Å². The predicted octanol–water partition coefficient (Wildman–Crippen LogP) is 1.89. The van der Waals surface area contributed by atoms with Crippen LogP contribution < -0.4 is 5.73 Å². The summed E-state index contributed by atoms with van der Waals surface area (Å²) in [5, 5.41) is 17.9. The summed E-state index contributed by atoms with van der Waals surface area (Å²) in [7, 11) is 0. The lowest BCUT2D eigenvalue weighted by molar-refractivity contribution is -0.252. The number of hydrogen-bond donors (Lipinski definition) is 2. The predicted molar refractivity (Wildman–Crippen MR) is 60.3 cm³/mol. The number of hydroxylamine groups is 2. The molecule has 4 nitrogen and oxygen atoms in total. The monoisotopic (exact) mass is 213 g/mol. The molecule has 0 radical (unpaired) electrons. The average molecular weight is 213 g/mol. The van der Waals surface area contributed by atoms with Crippen molar-refractivity contribution in [3.05, 3.63) is 0 Å². The van der Waals surface area contributed by atoms with Crippen molar-refractivity contribution >= 4 is 0 Å². The first kappa shape index (κ1) is 14.4. The SMILES string of the molecule is C#N.CC1(N)CC(C)(C)N(O)C(C)(C)C1. The number of nitrogens with two attached hydrogens (primary N) is 1. The number of hydrogen-bond acceptors (Lipinski definition) is 4. The highest BCUT2D eigenvalue weighted by molar-refractivity contribution is 5.03. The Hall–Kier alpha value is -0.630. The standard InChI is InChI=1S/C10H22N2O.CHN/c1-8(2)6-10(5,11)7-9(3,4)12(8)13;1-2/h13H,6-7,11H2,1-5H3;1H. The molecule has 0 bridgehead atoms. The Morgan fingerprint density at radius 2 is 1.33 bits per heavy atom. The van der Waals surface area contributed by atoms with Crippen LogP contribution in [0.2, 0.25) is 0 Å². The van der Waals surface area contributed by atoms with Crippen molar-refractivity contribution in [1.82, 2.24) is 5.06 Å². The van der Waals surface area contributed by atoms with E-state index in [0.717, 1.165) is 12.8 Å². The quantitative estimate of drug-likeness (QED) is 0.644. The van der Waals surface area contributed by atoms with Gasteiger partial charge in [-0.15, -0.1) is 0 Å². The maximum absolute atomic E-state index is 9.97. The molecule has 15 heavy (non-hydrogen) atoms. The van der Waals surface area contributed by atoms with Crippen molar-refractivity contribution in [2.75, 3.05) is 0 Å². The molecule has 0 aromatic heterocycles. The van der Waals surface area contributed by atoms with Crippen LogP contribution in [0.1, 0.15) is 47.5 Å². The fourth-order valence-corrected chi connectivity index (χ4v) is 3.01. The molecular weight excluding hydrogens is 190 g/mol. The molecule has 1 rings (SSSR count). The van der Waals surface area contributed by atoms with E-state index in [1.807, 2.05) is 27.7 Å². The van der Waals surface area contributed by atoms with Crippen molar-refractivity contribution in [1.29, 1.82) is 5.26 Å². The van der Waals surface area contributed by atoms with Gasteiger partial charge in [-0.2, -0.15) is 5.06 Å². The van der Waals surface area contributed by atoms with Crippen LogP contribution in [0.4, 0.5) is 0 Å². The first-order valence-corrected chi connectivity index (χ1v) is 5.11. The fraction of sp³-hybridized carbons (Fsp3) is 0.909. The van der Waals surface area contributed by atoms with E-state index in [1.54, 1.807) is 0 Å². The van der Waals surface area contributed by atoms with Crippen molar-refractivity contribution in [3.8, 4) is 6.57 Å². The van der Waals surface area contributed by atoms with Gasteiger partial charge in [-0.25, -0.2) is 5.26 Å². The second-order valence-electron chi connectivity index (χ2n) is 5.94. The van der Waals surface area contributed by atoms with Crippen molar-refractivity contribution in [3.63, 3.8) is 0 Å². The first-order chi connectivity index (χ1) is 6.57. The van der Waals surface area contributed by atoms with Gasteiger partial charge < -0.3 is 10.9 Å². The molecule has 0 atom stereocenters. The minimum absolute atomic E-state index is 0.174. The number of piperidine rings is 1. The summed E-state index contributed by atoms with van der Waals surface area (Å²) in [6.07, 6.45) is 1.64. The Morgan fingerprint density at radius 3 is 1.60 bits per heavy atom. The number of nitrogens with zero attached hydrogens (tertiary/aromatic N) is 2. The Kier molecular flexibility index (Phi) is 3.92. The highest BCUT2D eigenvalue weighted by Gasteiger charge is 2.48. The van der Waals surface area contributed by atoms with E-state index in [1.165, 1.54) is 5.06 Å². The third kappa shape index (κ3) is 3.16. The van der Waals surface area contributed by atoms with Gasteiger partial charge in [0.15, 0.2) is 0 Å². The van der Waals surface area contributed by atoms with Crippen LogP contribution in [0.25, 0.3) is 0 Å². The molecule has 88 valence electrons. The average Bonchev–Trinajstić information content (AvgIpc) is 2.00. The molecule has 0 saturated carbocycles. The van der Waals surface area contributed by atoms with Crippen LogP contribution in [0.5, 0.6) is 0 Å². The third-order valence-electron chi connectivity index (χ3n) is 2.82. The molecule has 1 aliphatic rings. The highest BCUT2D eigenvalue weighted by atomic mass is 16.5. The summed E-state index contributed by atoms with van der Waals surface area (Å²) in [6, 6.07) is 0. The molecule has 0 spiro atoms. The smallest absolute Gasteiger partial charge is 0.0462 e. The molecule has 0 aromatic rings. The normalized spacial score (nSPS) is 27.5. The zero-order chi connectivity index (χ0) is 12.5. The maximum Gasteiger partial charge on any atom is 0.0462 e. The summed E-state index contributed by atoms with van der Waals surface area (Å²) < 4.78 is 0. The summed E-state index contributed by atoms with van der Waals surface area (Å²) in [5.41, 5.74) is 5.52. The van der Waals surface area contributed by atoms with E-state index < -0.39 is 0 Å². The van der Waals surface area contributed by atoms with Crippen LogP contribution in [0.15, 0.2) is 0 Å². The minimum Gasteiger partial charge on any atom is -0.325 e. The Morgan fingerprint density at radius 1 is 1.07 bits per heavy atom. The molecule has 1 aliphatic heterocycles. The van der Waals surface area contributed by atoms with Crippen LogP contribution in [0.3, 0.4) is 0 Å². The maximum atomic E-state index is 9.97. The summed E-state index contributed by atoms with van der Waals surface area (Å²) in [4.78, 5) is 0. The first-order valence-electron chi connectivity index (χ1n) is 5.11. The van der Waals surface area contributed by atoms with Gasteiger partial charge in [-0.05, 0) is 47.5 Å². The van der Waals surface area contributed by atoms with E-state index in [2.05, 4.69) is 13.5 Å². The van der Waals surface area contributed by atoms with Crippen molar-refractivity contribution in [2.24, 2.45) is 5.73 Å². The van der Waals surface area contributed by atoms with Gasteiger partial charge in [-0.1, -0.05) is 0 Å². The van der Waals surface area contributed by atoms with Gasteiger partial charge >= 0.3 is 0 Å². The lowest BCUT2D eigenvalue weighted by atomic mass is 9.72. The Labute approximate surface area is 92.6 Å². The number of nitriles is 1. The van der Waals surface area contributed by atoms with Gasteiger partial charge in [0.05, 0.1) is 0 Å². The summed E-state index contributed by atoms with van der Waals surface area (Å²) >= 11 is 0. The molecule has 1 saturated heterocycles. The van der Waals surface area contributed by atoms with Gasteiger partial charge in [0.1, 0.15) is 0 Å². The van der Waals surface area contributed by atoms with Crippen molar-refractivity contribution < 1.29 is 5.21 Å². The topological polar surface area (TPSA) is 73.3 Å². The minimum atomic E-state index is -0.231. The molecule has 3 N–H and O–H groups in total. The van der Waals surface area contributed by atoms with Gasteiger partial charge in [0.2, 0.25) is 0 Å². The van der Waals surface area contributed by atoms with Crippen LogP contribution in [-0.4, -0.2) is 26.9 Å². The van der Waals surface area contributed by atoms with E-state index in [9.17, 15) is 5.21 Å². The molecule has 1 fully saturated rings. The molecule has 0 aromatic carbocycles. The Bertz CT molecular complexity index is 223. The lowest BCUT2D eigenvalue weighted by Crippen LogP contribution is -2.65. The van der Waals surface area contributed by atoms with E-state index >= 15 is 0 Å². The second-order valence-corrected chi connectivity index (χ2v) is 5.94. The van der Waals surface area contributed by atoms with Crippen molar-refractivity contribution in [2.45, 2.75) is 64.1 Å². The second kappa shape index (κ2) is 4.09. The highest BCUT2D eigenvalue weighted by Crippen LogP contribution is 2.40. The zero-order valence-electron chi connectivity index (χ0n) is 10.4. The summed E-state index contributed by atoms with van der Waals surface area (Å²) in [6.45, 7) is 13.7. The van der Waals surface area contributed by atoms with E-state index in [0.29, 0.717) is 0 Å². The molecule has 1 heterocycles. The van der Waals surface area contributed by atoms with Crippen LogP contribution in [0, 0.1) is 11.8 Å². The van der Waals surface area contributed by atoms with Gasteiger partial charge in [0, 0.05) is 23.2 Å².